The van der Waals surface area contributed by atoms with Gasteiger partial charge >= 0.3 is 10.4 Å². The van der Waals surface area contributed by atoms with E-state index in [2.05, 4.69) is 9.97 Å². The van der Waals surface area contributed by atoms with Crippen LogP contribution >= 0.6 is 11.3 Å². The molecule has 0 spiro atoms. The molecule has 0 saturated heterocycles. The highest BCUT2D eigenvalue weighted by atomic mass is 32.2. The van der Waals surface area contributed by atoms with E-state index in [0.29, 0.717) is 9.17 Å². The van der Waals surface area contributed by atoms with Crippen molar-refractivity contribution in [2.45, 2.75) is 30.7 Å². The topological polar surface area (TPSA) is 110 Å². The molecule has 11 heteroatoms. The molecular weight excluding hydrogens is 380 g/mol. The number of ether oxygens (including phenoxy) is 2. The number of rotatable bonds is 5. The van der Waals surface area contributed by atoms with E-state index < -0.39 is 22.9 Å². The van der Waals surface area contributed by atoms with Crippen molar-refractivity contribution in [3.05, 3.63) is 10.4 Å². The maximum absolute atomic E-state index is 12.4. The second-order valence-corrected chi connectivity index (χ2v) is 9.13. The largest absolute Gasteiger partial charge is 0.610 e. The molecule has 0 bridgehead atoms. The first kappa shape index (κ1) is 20.5. The molecule has 2 rings (SSSR count). The van der Waals surface area contributed by atoms with Crippen LogP contribution in [0.4, 0.5) is 4.79 Å². The Bertz CT molecular complexity index is 856. The normalized spacial score (nSPS) is 12.9. The van der Waals surface area contributed by atoms with Gasteiger partial charge in [-0.2, -0.15) is 9.97 Å². The van der Waals surface area contributed by atoms with Crippen LogP contribution in [0.5, 0.6) is 6.01 Å². The zero-order chi connectivity index (χ0) is 19.6. The van der Waals surface area contributed by atoms with Crippen LogP contribution in [0.3, 0.4) is 0 Å². The number of fused-ring (bicyclic) bond motifs is 1. The van der Waals surface area contributed by atoms with Gasteiger partial charge < -0.3 is 18.9 Å². The van der Waals surface area contributed by atoms with Crippen molar-refractivity contribution in [1.29, 1.82) is 0 Å². The van der Waals surface area contributed by atoms with Gasteiger partial charge in [-0.3, -0.25) is 9.36 Å². The van der Waals surface area contributed by atoms with Gasteiger partial charge in [0.15, 0.2) is 10.3 Å². The van der Waals surface area contributed by atoms with Crippen LogP contribution < -0.4 is 10.3 Å². The van der Waals surface area contributed by atoms with Gasteiger partial charge in [0.05, 0.1) is 6.54 Å². The Balaban J connectivity index is 2.08. The molecule has 0 saturated carbocycles. The third-order valence-electron chi connectivity index (χ3n) is 3.19. The van der Waals surface area contributed by atoms with Crippen LogP contribution in [0.1, 0.15) is 20.8 Å². The van der Waals surface area contributed by atoms with Crippen molar-refractivity contribution in [1.82, 2.24) is 19.4 Å². The van der Waals surface area contributed by atoms with E-state index >= 15 is 0 Å². The molecule has 2 aromatic heterocycles. The highest BCUT2D eigenvalue weighted by Gasteiger charge is 2.21. The first-order valence-corrected chi connectivity index (χ1v) is 10.1. The fourth-order valence-corrected chi connectivity index (χ4v) is 3.45. The van der Waals surface area contributed by atoms with E-state index in [9.17, 15) is 14.1 Å². The number of hydrogen-bond acceptors (Lipinski definition) is 8. The summed E-state index contributed by atoms with van der Waals surface area (Å²) < 4.78 is 23.9. The first-order valence-electron chi connectivity index (χ1n) is 7.77. The van der Waals surface area contributed by atoms with Crippen LogP contribution in [-0.4, -0.2) is 62.1 Å². The summed E-state index contributed by atoms with van der Waals surface area (Å²) in [5, 5.41) is 0. The molecule has 2 aromatic rings. The lowest BCUT2D eigenvalue weighted by molar-refractivity contribution is 0.0275. The van der Waals surface area contributed by atoms with Gasteiger partial charge in [-0.05, 0) is 32.1 Å². The minimum Gasteiger partial charge on any atom is -0.610 e. The van der Waals surface area contributed by atoms with Crippen molar-refractivity contribution in [2.75, 3.05) is 26.5 Å². The summed E-state index contributed by atoms with van der Waals surface area (Å²) in [6.45, 7) is 5.76. The summed E-state index contributed by atoms with van der Waals surface area (Å²) in [7, 11) is 3.11. The Morgan fingerprint density at radius 2 is 2.04 bits per heavy atom. The van der Waals surface area contributed by atoms with E-state index in [-0.39, 0.29) is 30.2 Å². The van der Waals surface area contributed by atoms with Gasteiger partial charge in [0, 0.05) is 25.3 Å². The summed E-state index contributed by atoms with van der Waals surface area (Å²) in [6, 6.07) is 0.108. The number of carbonyl (C=O) groups is 1. The van der Waals surface area contributed by atoms with Crippen molar-refractivity contribution < 1.29 is 18.8 Å². The average molecular weight is 402 g/mol. The Kier molecular flexibility index (Phi) is 6.14. The van der Waals surface area contributed by atoms with Crippen LogP contribution in [0, 0.1) is 0 Å². The van der Waals surface area contributed by atoms with Gasteiger partial charge in [0.25, 0.3) is 11.6 Å². The molecule has 1 unspecified atom stereocenters. The average Bonchev–Trinajstić information content (AvgIpc) is 2.94. The Hall–Kier alpha value is -1.85. The second kappa shape index (κ2) is 7.80. The summed E-state index contributed by atoms with van der Waals surface area (Å²) >= 11 is -0.195. The van der Waals surface area contributed by atoms with Gasteiger partial charge in [0.1, 0.15) is 18.5 Å². The maximum atomic E-state index is 12.4. The van der Waals surface area contributed by atoms with Crippen molar-refractivity contribution in [3.63, 3.8) is 0 Å². The number of carbonyl (C=O) groups excluding carboxylic acids is 1. The van der Waals surface area contributed by atoms with Crippen molar-refractivity contribution in [3.8, 4) is 6.01 Å². The van der Waals surface area contributed by atoms with Gasteiger partial charge in [0.2, 0.25) is 0 Å². The van der Waals surface area contributed by atoms with Crippen LogP contribution in [0.15, 0.2) is 9.13 Å². The number of hydrogen-bond donors (Lipinski definition) is 0. The van der Waals surface area contributed by atoms with E-state index in [1.807, 2.05) is 0 Å². The number of aromatic nitrogens is 3. The van der Waals surface area contributed by atoms with E-state index in [0.717, 1.165) is 11.3 Å². The number of thiazole rings is 1. The smallest absolute Gasteiger partial charge is 0.410 e. The summed E-state index contributed by atoms with van der Waals surface area (Å²) in [5.74, 6) is 0. The van der Waals surface area contributed by atoms with Gasteiger partial charge in [-0.15, -0.1) is 0 Å². The van der Waals surface area contributed by atoms with Crippen molar-refractivity contribution in [2.24, 2.45) is 7.05 Å². The molecule has 144 valence electrons. The predicted molar refractivity (Wildman–Crippen MR) is 99.3 cm³/mol. The van der Waals surface area contributed by atoms with Crippen LogP contribution in [-0.2, 0) is 23.0 Å². The third-order valence-corrected chi connectivity index (χ3v) is 5.47. The highest BCUT2D eigenvalue weighted by Crippen LogP contribution is 2.23. The molecular formula is C15H22N4O5S2. The highest BCUT2D eigenvalue weighted by molar-refractivity contribution is 7.92. The van der Waals surface area contributed by atoms with Crippen LogP contribution in [0.25, 0.3) is 10.3 Å². The minimum absolute atomic E-state index is 0.108. The first-order chi connectivity index (χ1) is 12.0. The monoisotopic (exact) mass is 402 g/mol. The van der Waals surface area contributed by atoms with Gasteiger partial charge in [-0.25, -0.2) is 4.79 Å². The molecule has 1 amide bonds. The molecule has 0 radical (unpaired) electrons. The summed E-state index contributed by atoms with van der Waals surface area (Å²) in [5.41, 5.74) is -0.786. The second-order valence-electron chi connectivity index (χ2n) is 6.60. The fourth-order valence-electron chi connectivity index (χ4n) is 1.87. The van der Waals surface area contributed by atoms with Crippen LogP contribution in [0.2, 0.25) is 0 Å². The Morgan fingerprint density at radius 3 is 2.62 bits per heavy atom. The molecule has 0 aliphatic rings. The number of amides is 1. The molecule has 0 aliphatic carbocycles. The third kappa shape index (κ3) is 4.86. The van der Waals surface area contributed by atoms with E-state index in [1.165, 1.54) is 22.8 Å². The molecule has 0 N–H and O–H groups in total. The molecule has 1 atom stereocenters. The molecule has 9 nitrogen and oxygen atoms in total. The lowest BCUT2D eigenvalue weighted by atomic mass is 10.2. The molecule has 0 aliphatic heterocycles. The fraction of sp³-hybridized carbons (Fsp3) is 0.600. The van der Waals surface area contributed by atoms with Gasteiger partial charge in [-0.1, -0.05) is 0 Å². The quantitative estimate of drug-likeness (QED) is 0.695. The number of nitrogens with zero attached hydrogens (tertiary/aromatic N) is 4. The van der Waals surface area contributed by atoms with E-state index in [1.54, 1.807) is 27.8 Å². The molecule has 0 aromatic carbocycles. The SMILES string of the molecule is CN(CCOc1nc2sc([S+](C)[O-])nc2c(=O)n1C)C(=O)OC(C)(C)C. The van der Waals surface area contributed by atoms with Crippen molar-refractivity contribution >= 4 is 39.0 Å². The molecule has 2 heterocycles. The molecule has 0 fully saturated rings. The lowest BCUT2D eigenvalue weighted by Gasteiger charge is -2.24. The Morgan fingerprint density at radius 1 is 1.38 bits per heavy atom. The maximum Gasteiger partial charge on any atom is 0.410 e. The predicted octanol–water partition coefficient (Wildman–Crippen LogP) is 1.37. The standard InChI is InChI=1S/C15H22N4O5S2/c1-15(2,3)24-14(21)18(4)7-8-23-12-17-10-9(11(20)19(12)5)16-13(25-10)26(6)22/h7-8H2,1-6H3. The minimum atomic E-state index is -1.29. The Labute approximate surface area is 158 Å². The summed E-state index contributed by atoms with van der Waals surface area (Å²) in [4.78, 5) is 34.4. The molecule has 26 heavy (non-hydrogen) atoms. The summed E-state index contributed by atoms with van der Waals surface area (Å²) in [6.07, 6.45) is 1.03. The lowest BCUT2D eigenvalue weighted by Crippen LogP contribution is -2.36. The zero-order valence-corrected chi connectivity index (χ0v) is 17.2. The number of likely N-dealkylation sites (N-methyl/N-ethyl adjacent to an activating group) is 1. The van der Waals surface area contributed by atoms with E-state index in [4.69, 9.17) is 9.47 Å². The zero-order valence-electron chi connectivity index (χ0n) is 15.6.